The molecule has 0 saturated carbocycles. The van der Waals surface area contributed by atoms with Crippen LogP contribution >= 0.6 is 0 Å². The summed E-state index contributed by atoms with van der Waals surface area (Å²) in [6, 6.07) is 1.10. The average molecular weight is 195 g/mol. The first-order valence-corrected chi connectivity index (χ1v) is 4.28. The maximum absolute atomic E-state index is 11.1. The fraction of sp³-hybridized carbons (Fsp3) is 0.375. The van der Waals surface area contributed by atoms with Gasteiger partial charge >= 0.3 is 6.03 Å². The summed E-state index contributed by atoms with van der Waals surface area (Å²) in [4.78, 5) is 20.1. The summed E-state index contributed by atoms with van der Waals surface area (Å²) < 4.78 is 0. The Morgan fingerprint density at radius 1 is 1.57 bits per heavy atom. The lowest BCUT2D eigenvalue weighted by Gasteiger charge is -2.18. The molecular weight excluding hydrogens is 182 g/mol. The van der Waals surface area contributed by atoms with Crippen molar-refractivity contribution in [2.75, 3.05) is 18.0 Å². The van der Waals surface area contributed by atoms with Crippen molar-refractivity contribution in [3.63, 3.8) is 0 Å². The second-order valence-electron chi connectivity index (χ2n) is 2.70. The van der Waals surface area contributed by atoms with E-state index in [1.54, 1.807) is 12.3 Å². The van der Waals surface area contributed by atoms with Crippen molar-refractivity contribution >= 4 is 11.8 Å². The molecule has 4 N–H and O–H groups in total. The van der Waals surface area contributed by atoms with Crippen LogP contribution in [0, 0.1) is 0 Å². The predicted octanol–water partition coefficient (Wildman–Crippen LogP) is -0.290. The number of aromatic nitrogens is 2. The number of carbonyl (C=O) groups excluding carboxylic acids is 1. The zero-order valence-electron chi connectivity index (χ0n) is 7.76. The molecule has 6 heteroatoms. The van der Waals surface area contributed by atoms with Crippen molar-refractivity contribution in [3.8, 4) is 0 Å². The van der Waals surface area contributed by atoms with Gasteiger partial charge in [-0.05, 0) is 19.0 Å². The van der Waals surface area contributed by atoms with Crippen molar-refractivity contribution in [2.24, 2.45) is 11.5 Å². The van der Waals surface area contributed by atoms with E-state index in [0.29, 0.717) is 25.3 Å². The highest BCUT2D eigenvalue weighted by atomic mass is 16.2. The van der Waals surface area contributed by atoms with Crippen LogP contribution in [0.2, 0.25) is 0 Å². The lowest BCUT2D eigenvalue weighted by molar-refractivity contribution is 0.253. The molecule has 0 unspecified atom stereocenters. The first-order chi connectivity index (χ1) is 6.75. The molecule has 0 fully saturated rings. The number of nitrogens with zero attached hydrogens (tertiary/aromatic N) is 3. The highest BCUT2D eigenvalue weighted by Crippen LogP contribution is 2.07. The average Bonchev–Trinajstić information content (AvgIpc) is 2.19. The number of primary amides is 1. The molecule has 1 rings (SSSR count). The van der Waals surface area contributed by atoms with E-state index >= 15 is 0 Å². The number of hydrogen-bond donors (Lipinski definition) is 2. The molecule has 0 aliphatic carbocycles. The number of urea groups is 1. The molecule has 0 aliphatic heterocycles. The van der Waals surface area contributed by atoms with Crippen molar-refractivity contribution in [1.29, 1.82) is 0 Å². The van der Waals surface area contributed by atoms with Crippen LogP contribution in [0.1, 0.15) is 6.42 Å². The molecule has 0 radical (unpaired) electrons. The van der Waals surface area contributed by atoms with E-state index in [9.17, 15) is 4.79 Å². The van der Waals surface area contributed by atoms with E-state index in [1.165, 1.54) is 11.2 Å². The summed E-state index contributed by atoms with van der Waals surface area (Å²) in [5.41, 5.74) is 10.5. The van der Waals surface area contributed by atoms with Gasteiger partial charge in [-0.3, -0.25) is 4.90 Å². The molecule has 0 aliphatic rings. The topological polar surface area (TPSA) is 98.1 Å². The Morgan fingerprint density at radius 3 is 2.86 bits per heavy atom. The van der Waals surface area contributed by atoms with Crippen LogP contribution < -0.4 is 16.4 Å². The number of anilines is 1. The second kappa shape index (κ2) is 5.13. The van der Waals surface area contributed by atoms with E-state index < -0.39 is 6.03 Å². The quantitative estimate of drug-likeness (QED) is 0.689. The Morgan fingerprint density at radius 2 is 2.36 bits per heavy atom. The minimum Gasteiger partial charge on any atom is -0.351 e. The third-order valence-electron chi connectivity index (χ3n) is 1.69. The van der Waals surface area contributed by atoms with E-state index in [0.717, 1.165) is 0 Å². The SMILES string of the molecule is NCCCN(C(N)=O)c1ccncn1. The molecule has 1 aromatic rings. The van der Waals surface area contributed by atoms with Gasteiger partial charge in [-0.25, -0.2) is 14.8 Å². The summed E-state index contributed by atoms with van der Waals surface area (Å²) in [5.74, 6) is 0.501. The van der Waals surface area contributed by atoms with Gasteiger partial charge < -0.3 is 11.5 Å². The molecule has 0 aromatic carbocycles. The molecule has 14 heavy (non-hydrogen) atoms. The van der Waals surface area contributed by atoms with Crippen molar-refractivity contribution < 1.29 is 4.79 Å². The van der Waals surface area contributed by atoms with E-state index in [1.807, 2.05) is 0 Å². The Balaban J connectivity index is 2.73. The summed E-state index contributed by atoms with van der Waals surface area (Å²) in [6.45, 7) is 0.984. The first-order valence-electron chi connectivity index (χ1n) is 4.28. The molecule has 0 spiro atoms. The van der Waals surface area contributed by atoms with Crippen molar-refractivity contribution in [1.82, 2.24) is 9.97 Å². The molecule has 2 amide bonds. The fourth-order valence-corrected chi connectivity index (χ4v) is 1.03. The van der Waals surface area contributed by atoms with Crippen LogP contribution in [-0.2, 0) is 0 Å². The Labute approximate surface area is 81.9 Å². The molecule has 76 valence electrons. The number of rotatable bonds is 4. The minimum atomic E-state index is -0.530. The van der Waals surface area contributed by atoms with Gasteiger partial charge in [0.05, 0.1) is 0 Å². The van der Waals surface area contributed by atoms with Gasteiger partial charge in [-0.15, -0.1) is 0 Å². The maximum Gasteiger partial charge on any atom is 0.320 e. The fourth-order valence-electron chi connectivity index (χ4n) is 1.03. The Bertz CT molecular complexity index is 289. The molecule has 0 atom stereocenters. The van der Waals surface area contributed by atoms with Gasteiger partial charge in [-0.2, -0.15) is 0 Å². The molecular formula is C8H13N5O. The predicted molar refractivity (Wildman–Crippen MR) is 52.6 cm³/mol. The van der Waals surface area contributed by atoms with Crippen LogP contribution in [0.15, 0.2) is 18.6 Å². The lowest BCUT2D eigenvalue weighted by Crippen LogP contribution is -2.37. The molecule has 0 bridgehead atoms. The van der Waals surface area contributed by atoms with Crippen LogP contribution in [0.3, 0.4) is 0 Å². The van der Waals surface area contributed by atoms with Gasteiger partial charge in [0.1, 0.15) is 12.1 Å². The number of nitrogens with two attached hydrogens (primary N) is 2. The van der Waals surface area contributed by atoms with Gasteiger partial charge in [0, 0.05) is 12.7 Å². The number of amides is 2. The van der Waals surface area contributed by atoms with Gasteiger partial charge in [0.25, 0.3) is 0 Å². The Kier molecular flexibility index (Phi) is 3.81. The first kappa shape index (κ1) is 10.4. The molecule has 1 aromatic heterocycles. The van der Waals surface area contributed by atoms with Gasteiger partial charge in [-0.1, -0.05) is 0 Å². The minimum absolute atomic E-state index is 0.475. The second-order valence-corrected chi connectivity index (χ2v) is 2.70. The summed E-state index contributed by atoms with van der Waals surface area (Å²) >= 11 is 0. The zero-order valence-corrected chi connectivity index (χ0v) is 7.76. The van der Waals surface area contributed by atoms with Gasteiger partial charge in [0.15, 0.2) is 0 Å². The smallest absolute Gasteiger partial charge is 0.320 e. The number of hydrogen-bond acceptors (Lipinski definition) is 4. The normalized spacial score (nSPS) is 9.79. The lowest BCUT2D eigenvalue weighted by atomic mass is 10.4. The van der Waals surface area contributed by atoms with Gasteiger partial charge in [0.2, 0.25) is 0 Å². The van der Waals surface area contributed by atoms with Crippen LogP contribution in [0.4, 0.5) is 10.6 Å². The monoisotopic (exact) mass is 195 g/mol. The third kappa shape index (κ3) is 2.67. The largest absolute Gasteiger partial charge is 0.351 e. The van der Waals surface area contributed by atoms with Crippen LogP contribution in [0.25, 0.3) is 0 Å². The third-order valence-corrected chi connectivity index (χ3v) is 1.69. The van der Waals surface area contributed by atoms with Crippen LogP contribution in [-0.4, -0.2) is 29.1 Å². The maximum atomic E-state index is 11.1. The zero-order chi connectivity index (χ0) is 10.4. The highest BCUT2D eigenvalue weighted by Gasteiger charge is 2.11. The molecule has 0 saturated heterocycles. The Hall–Kier alpha value is -1.69. The van der Waals surface area contributed by atoms with Crippen molar-refractivity contribution in [3.05, 3.63) is 18.6 Å². The highest BCUT2D eigenvalue weighted by molar-refractivity contribution is 5.89. The summed E-state index contributed by atoms with van der Waals surface area (Å²) in [6.07, 6.45) is 3.61. The molecule has 6 nitrogen and oxygen atoms in total. The summed E-state index contributed by atoms with van der Waals surface area (Å²) in [5, 5.41) is 0. The number of carbonyl (C=O) groups is 1. The molecule has 1 heterocycles. The van der Waals surface area contributed by atoms with E-state index in [4.69, 9.17) is 11.5 Å². The van der Waals surface area contributed by atoms with E-state index in [-0.39, 0.29) is 0 Å². The van der Waals surface area contributed by atoms with E-state index in [2.05, 4.69) is 9.97 Å². The summed E-state index contributed by atoms with van der Waals surface area (Å²) in [7, 11) is 0. The van der Waals surface area contributed by atoms with Crippen molar-refractivity contribution in [2.45, 2.75) is 6.42 Å². The standard InChI is InChI=1S/C8H13N5O/c9-3-1-5-13(8(10)14)7-2-4-11-6-12-7/h2,4,6H,1,3,5,9H2,(H2,10,14). The van der Waals surface area contributed by atoms with Crippen LogP contribution in [0.5, 0.6) is 0 Å².